The lowest BCUT2D eigenvalue weighted by atomic mass is 9.99. The molecule has 0 spiro atoms. The number of hydrogen-bond donors (Lipinski definition) is 1. The highest BCUT2D eigenvalue weighted by atomic mass is 16.5. The molecule has 0 saturated carbocycles. The number of benzene rings is 2. The molecule has 1 amide bonds. The molecule has 1 aliphatic heterocycles. The van der Waals surface area contributed by atoms with Crippen LogP contribution in [0.3, 0.4) is 0 Å². The SMILES string of the molecule is COCCOc1cc([C@@H](C)NC(=O)c2cc(N3CCN(C)CC3)ccc2C)cc(-c2cnn(C)c2)c1OC. The first-order valence-electron chi connectivity index (χ1n) is 13.0. The Kier molecular flexibility index (Phi) is 8.91. The monoisotopic (exact) mass is 521 g/mol. The maximum absolute atomic E-state index is 13.5. The van der Waals surface area contributed by atoms with Crippen LogP contribution in [-0.4, -0.2) is 81.2 Å². The number of nitrogens with one attached hydrogen (secondary N) is 1. The average Bonchev–Trinajstić information content (AvgIpc) is 3.35. The molecule has 0 aliphatic carbocycles. The molecule has 0 unspecified atom stereocenters. The summed E-state index contributed by atoms with van der Waals surface area (Å²) in [5.41, 5.74) is 5.36. The molecule has 1 saturated heterocycles. The number of aryl methyl sites for hydroxylation is 2. The number of likely N-dealkylation sites (N-methyl/N-ethyl adjacent to an activating group) is 1. The number of nitrogens with zero attached hydrogens (tertiary/aromatic N) is 4. The van der Waals surface area contributed by atoms with Gasteiger partial charge in [-0.1, -0.05) is 6.07 Å². The van der Waals surface area contributed by atoms with Crippen molar-refractivity contribution in [3.05, 3.63) is 59.4 Å². The molecule has 0 bridgehead atoms. The standard InChI is InChI=1S/C29H39N5O4/c1-20-7-8-24(34-11-9-32(3)10-12-34)17-25(20)29(35)31-21(2)22-15-26(23-18-30-33(4)19-23)28(37-6)27(16-22)38-14-13-36-5/h7-8,15-19,21H,9-14H2,1-6H3,(H,31,35)/t21-/m1/s1. The van der Waals surface area contributed by atoms with Crippen LogP contribution in [0.15, 0.2) is 42.7 Å². The predicted molar refractivity (Wildman–Crippen MR) is 149 cm³/mol. The molecule has 0 radical (unpaired) electrons. The molecule has 4 rings (SSSR count). The molecule has 1 aromatic heterocycles. The summed E-state index contributed by atoms with van der Waals surface area (Å²) in [5.74, 6) is 1.11. The van der Waals surface area contributed by atoms with E-state index in [2.05, 4.69) is 33.3 Å². The summed E-state index contributed by atoms with van der Waals surface area (Å²) >= 11 is 0. The van der Waals surface area contributed by atoms with Crippen LogP contribution < -0.4 is 19.7 Å². The lowest BCUT2D eigenvalue weighted by Crippen LogP contribution is -2.44. The molecular weight excluding hydrogens is 482 g/mol. The maximum Gasteiger partial charge on any atom is 0.252 e. The van der Waals surface area contributed by atoms with Crippen LogP contribution in [0.2, 0.25) is 0 Å². The van der Waals surface area contributed by atoms with E-state index in [9.17, 15) is 4.79 Å². The Hall–Kier alpha value is -3.56. The summed E-state index contributed by atoms with van der Waals surface area (Å²) in [6.45, 7) is 8.70. The summed E-state index contributed by atoms with van der Waals surface area (Å²) in [4.78, 5) is 18.2. The number of carbonyl (C=O) groups is 1. The molecule has 2 heterocycles. The van der Waals surface area contributed by atoms with E-state index in [1.807, 2.05) is 51.4 Å². The molecule has 38 heavy (non-hydrogen) atoms. The van der Waals surface area contributed by atoms with E-state index in [1.165, 1.54) is 0 Å². The van der Waals surface area contributed by atoms with Crippen molar-refractivity contribution in [2.24, 2.45) is 7.05 Å². The largest absolute Gasteiger partial charge is 0.492 e. The summed E-state index contributed by atoms with van der Waals surface area (Å²) in [6, 6.07) is 9.82. The fourth-order valence-electron chi connectivity index (χ4n) is 4.67. The number of rotatable bonds is 10. The fourth-order valence-corrected chi connectivity index (χ4v) is 4.67. The molecule has 9 heteroatoms. The molecule has 2 aromatic carbocycles. The van der Waals surface area contributed by atoms with Gasteiger partial charge in [0.05, 0.1) is 26.0 Å². The Labute approximate surface area is 225 Å². The van der Waals surface area contributed by atoms with Crippen molar-refractivity contribution < 1.29 is 19.0 Å². The molecule has 9 nitrogen and oxygen atoms in total. The van der Waals surface area contributed by atoms with E-state index in [0.717, 1.165) is 54.1 Å². The normalized spacial score (nSPS) is 14.8. The van der Waals surface area contributed by atoms with Gasteiger partial charge in [0, 0.05) is 68.9 Å². The third-order valence-corrected chi connectivity index (χ3v) is 7.02. The van der Waals surface area contributed by atoms with Gasteiger partial charge in [0.1, 0.15) is 6.61 Å². The Morgan fingerprint density at radius 2 is 1.84 bits per heavy atom. The van der Waals surface area contributed by atoms with Crippen LogP contribution in [0, 0.1) is 6.92 Å². The van der Waals surface area contributed by atoms with Gasteiger partial charge >= 0.3 is 0 Å². The van der Waals surface area contributed by atoms with Gasteiger partial charge in [-0.3, -0.25) is 9.48 Å². The maximum atomic E-state index is 13.5. The highest BCUT2D eigenvalue weighted by Gasteiger charge is 2.22. The lowest BCUT2D eigenvalue weighted by molar-refractivity contribution is 0.0939. The van der Waals surface area contributed by atoms with Crippen molar-refractivity contribution in [1.82, 2.24) is 20.0 Å². The molecule has 1 atom stereocenters. The zero-order chi connectivity index (χ0) is 27.2. The second-order valence-electron chi connectivity index (χ2n) is 9.83. The quantitative estimate of drug-likeness (QED) is 0.408. The number of aromatic nitrogens is 2. The van der Waals surface area contributed by atoms with Crippen LogP contribution in [0.1, 0.15) is 34.5 Å². The Bertz CT molecular complexity index is 1250. The molecule has 3 aromatic rings. The van der Waals surface area contributed by atoms with Crippen molar-refractivity contribution in [2.45, 2.75) is 19.9 Å². The van der Waals surface area contributed by atoms with Crippen molar-refractivity contribution in [3.8, 4) is 22.6 Å². The first-order chi connectivity index (χ1) is 18.3. The average molecular weight is 522 g/mol. The highest BCUT2D eigenvalue weighted by molar-refractivity contribution is 5.97. The van der Waals surface area contributed by atoms with Crippen molar-refractivity contribution >= 4 is 11.6 Å². The molecule has 1 N–H and O–H groups in total. The van der Waals surface area contributed by atoms with E-state index >= 15 is 0 Å². The van der Waals surface area contributed by atoms with Gasteiger partial charge in [0.2, 0.25) is 0 Å². The first-order valence-corrected chi connectivity index (χ1v) is 13.0. The minimum absolute atomic E-state index is 0.105. The number of methoxy groups -OCH3 is 2. The van der Waals surface area contributed by atoms with E-state index < -0.39 is 0 Å². The van der Waals surface area contributed by atoms with E-state index in [0.29, 0.717) is 30.3 Å². The molecular formula is C29H39N5O4. The highest BCUT2D eigenvalue weighted by Crippen LogP contribution is 2.40. The minimum atomic E-state index is -0.278. The Morgan fingerprint density at radius 3 is 2.50 bits per heavy atom. The van der Waals surface area contributed by atoms with E-state index in [4.69, 9.17) is 14.2 Å². The van der Waals surface area contributed by atoms with Gasteiger partial charge in [-0.2, -0.15) is 5.10 Å². The summed E-state index contributed by atoms with van der Waals surface area (Å²) in [7, 11) is 7.27. The van der Waals surface area contributed by atoms with Gasteiger partial charge in [-0.25, -0.2) is 0 Å². The zero-order valence-electron chi connectivity index (χ0n) is 23.3. The van der Waals surface area contributed by atoms with Crippen molar-refractivity contribution in [2.75, 3.05) is 65.6 Å². The fraction of sp³-hybridized carbons (Fsp3) is 0.448. The van der Waals surface area contributed by atoms with Crippen molar-refractivity contribution in [3.63, 3.8) is 0 Å². The molecule has 1 aliphatic rings. The second-order valence-corrected chi connectivity index (χ2v) is 9.83. The molecule has 1 fully saturated rings. The minimum Gasteiger partial charge on any atom is -0.492 e. The number of ether oxygens (including phenoxy) is 3. The molecule has 204 valence electrons. The number of hydrogen-bond acceptors (Lipinski definition) is 7. The summed E-state index contributed by atoms with van der Waals surface area (Å²) in [6.07, 6.45) is 3.72. The van der Waals surface area contributed by atoms with Gasteiger partial charge in [0.25, 0.3) is 5.91 Å². The summed E-state index contributed by atoms with van der Waals surface area (Å²) < 4.78 is 18.7. The van der Waals surface area contributed by atoms with Crippen LogP contribution in [0.5, 0.6) is 11.5 Å². The Morgan fingerprint density at radius 1 is 1.08 bits per heavy atom. The van der Waals surface area contributed by atoms with Gasteiger partial charge < -0.3 is 29.3 Å². The van der Waals surface area contributed by atoms with Crippen LogP contribution >= 0.6 is 0 Å². The predicted octanol–water partition coefficient (Wildman–Crippen LogP) is 3.67. The van der Waals surface area contributed by atoms with Crippen LogP contribution in [0.4, 0.5) is 5.69 Å². The summed E-state index contributed by atoms with van der Waals surface area (Å²) in [5, 5.41) is 7.52. The van der Waals surface area contributed by atoms with E-state index in [-0.39, 0.29) is 11.9 Å². The van der Waals surface area contributed by atoms with E-state index in [1.54, 1.807) is 25.1 Å². The first kappa shape index (κ1) is 27.5. The third kappa shape index (κ3) is 6.28. The van der Waals surface area contributed by atoms with Gasteiger partial charge in [-0.15, -0.1) is 0 Å². The smallest absolute Gasteiger partial charge is 0.252 e. The zero-order valence-corrected chi connectivity index (χ0v) is 23.3. The third-order valence-electron chi connectivity index (χ3n) is 7.02. The number of anilines is 1. The Balaban J connectivity index is 1.61. The second kappa shape index (κ2) is 12.3. The van der Waals surface area contributed by atoms with Crippen molar-refractivity contribution in [1.29, 1.82) is 0 Å². The number of carbonyl (C=O) groups excluding carboxylic acids is 1. The van der Waals surface area contributed by atoms with Gasteiger partial charge in [0.15, 0.2) is 11.5 Å². The van der Waals surface area contributed by atoms with Gasteiger partial charge in [-0.05, 0) is 56.3 Å². The van der Waals surface area contributed by atoms with Crippen LogP contribution in [-0.2, 0) is 11.8 Å². The number of amides is 1. The lowest BCUT2D eigenvalue weighted by Gasteiger charge is -2.34. The van der Waals surface area contributed by atoms with Crippen LogP contribution in [0.25, 0.3) is 11.1 Å². The number of piperazine rings is 1. The topological polar surface area (TPSA) is 81.1 Å².